The lowest BCUT2D eigenvalue weighted by atomic mass is 10.6. The quantitative estimate of drug-likeness (QED) is 0.767. The number of sulfonamides is 1. The molecule has 18 heavy (non-hydrogen) atoms. The molecule has 10 heteroatoms. The van der Waals surface area contributed by atoms with Crippen LogP contribution in [0.3, 0.4) is 0 Å². The molecule has 0 saturated carbocycles. The number of hydrogen-bond acceptors (Lipinski definition) is 6. The Kier molecular flexibility index (Phi) is 3.38. The van der Waals surface area contributed by atoms with E-state index in [1.165, 1.54) is 6.92 Å². The predicted molar refractivity (Wildman–Crippen MR) is 67.1 cm³/mol. The van der Waals surface area contributed by atoms with E-state index >= 15 is 0 Å². The number of aromatic nitrogens is 1. The maximum atomic E-state index is 12.2. The zero-order chi connectivity index (χ0) is 13.6. The number of hydrogen-bond donors (Lipinski definition) is 1. The summed E-state index contributed by atoms with van der Waals surface area (Å²) >= 11 is 0.625. The van der Waals surface area contributed by atoms with Crippen LogP contribution >= 0.6 is 11.3 Å². The smallest absolute Gasteiger partial charge is 0.305 e. The number of nitrogens with one attached hydrogen (secondary N) is 1. The lowest BCUT2D eigenvalue weighted by Crippen LogP contribution is -2.43. The average Bonchev–Trinajstić information content (AvgIpc) is 2.58. The predicted octanol–water partition coefficient (Wildman–Crippen LogP) is -0.836. The van der Waals surface area contributed by atoms with Crippen molar-refractivity contribution >= 4 is 31.2 Å². The van der Waals surface area contributed by atoms with E-state index in [0.717, 1.165) is 4.31 Å². The third-order valence-electron chi connectivity index (χ3n) is 2.66. The number of rotatable bonds is 2. The molecular weight excluding hydrogens is 300 g/mol. The highest BCUT2D eigenvalue weighted by molar-refractivity contribution is 7.92. The number of sulfone groups is 1. The van der Waals surface area contributed by atoms with Crippen LogP contribution in [0.25, 0.3) is 0 Å². The van der Waals surface area contributed by atoms with Gasteiger partial charge in [0.05, 0.1) is 11.5 Å². The number of thiazole rings is 1. The first kappa shape index (κ1) is 13.7. The van der Waals surface area contributed by atoms with Gasteiger partial charge in [-0.25, -0.2) is 16.8 Å². The molecule has 0 unspecified atom stereocenters. The first-order chi connectivity index (χ1) is 8.22. The van der Waals surface area contributed by atoms with Gasteiger partial charge in [-0.3, -0.25) is 4.79 Å². The molecule has 102 valence electrons. The molecule has 0 aliphatic carbocycles. The number of nitrogens with zero attached hydrogens (tertiary/aromatic N) is 1. The van der Waals surface area contributed by atoms with Crippen molar-refractivity contribution in [1.82, 2.24) is 9.29 Å². The van der Waals surface area contributed by atoms with Crippen molar-refractivity contribution in [2.75, 3.05) is 24.6 Å². The Morgan fingerprint density at radius 3 is 2.28 bits per heavy atom. The van der Waals surface area contributed by atoms with Gasteiger partial charge in [0.15, 0.2) is 14.0 Å². The van der Waals surface area contributed by atoms with Gasteiger partial charge in [-0.1, -0.05) is 11.3 Å². The molecule has 1 aromatic rings. The Balaban J connectivity index is 2.34. The molecule has 0 atom stereocenters. The molecule has 2 heterocycles. The SMILES string of the molecule is Cc1[nH]c(=O)sc1S(=O)(=O)N1CCS(=O)(=O)CC1. The number of H-pyrrole nitrogens is 1. The van der Waals surface area contributed by atoms with Gasteiger partial charge >= 0.3 is 4.87 Å². The summed E-state index contributed by atoms with van der Waals surface area (Å²) in [6.07, 6.45) is 0. The van der Waals surface area contributed by atoms with Crippen LogP contribution in [0.2, 0.25) is 0 Å². The van der Waals surface area contributed by atoms with Gasteiger partial charge < -0.3 is 4.98 Å². The second kappa shape index (κ2) is 4.44. The molecule has 1 N–H and O–H groups in total. The first-order valence-electron chi connectivity index (χ1n) is 5.13. The fourth-order valence-corrected chi connectivity index (χ4v) is 6.00. The van der Waals surface area contributed by atoms with Gasteiger partial charge in [-0.15, -0.1) is 0 Å². The molecule has 0 amide bonds. The summed E-state index contributed by atoms with van der Waals surface area (Å²) < 4.78 is 48.0. The molecule has 1 saturated heterocycles. The van der Waals surface area contributed by atoms with Crippen molar-refractivity contribution in [2.45, 2.75) is 11.1 Å². The van der Waals surface area contributed by atoms with Crippen LogP contribution in [0.5, 0.6) is 0 Å². The van der Waals surface area contributed by atoms with Crippen LogP contribution in [0.15, 0.2) is 9.00 Å². The average molecular weight is 312 g/mol. The fourth-order valence-electron chi connectivity index (χ4n) is 1.69. The molecule has 1 aromatic heterocycles. The van der Waals surface area contributed by atoms with E-state index in [1.54, 1.807) is 0 Å². The van der Waals surface area contributed by atoms with E-state index in [0.29, 0.717) is 17.0 Å². The van der Waals surface area contributed by atoms with Crippen LogP contribution in [-0.4, -0.2) is 50.7 Å². The van der Waals surface area contributed by atoms with Gasteiger partial charge in [0.25, 0.3) is 10.0 Å². The van der Waals surface area contributed by atoms with Crippen molar-refractivity contribution in [3.63, 3.8) is 0 Å². The minimum absolute atomic E-state index is 0.0354. The van der Waals surface area contributed by atoms with Crippen molar-refractivity contribution in [1.29, 1.82) is 0 Å². The Labute approximate surface area is 108 Å². The molecular formula is C8H12N2O5S3. The maximum absolute atomic E-state index is 12.2. The highest BCUT2D eigenvalue weighted by atomic mass is 32.2. The van der Waals surface area contributed by atoms with Crippen LogP contribution in [0.1, 0.15) is 5.69 Å². The summed E-state index contributed by atoms with van der Waals surface area (Å²) in [4.78, 5) is 13.1. The Morgan fingerprint density at radius 2 is 1.83 bits per heavy atom. The highest BCUT2D eigenvalue weighted by Crippen LogP contribution is 2.22. The first-order valence-corrected chi connectivity index (χ1v) is 9.20. The molecule has 0 radical (unpaired) electrons. The zero-order valence-electron chi connectivity index (χ0n) is 9.54. The monoisotopic (exact) mass is 312 g/mol. The van der Waals surface area contributed by atoms with E-state index in [2.05, 4.69) is 4.98 Å². The lowest BCUT2D eigenvalue weighted by Gasteiger charge is -2.25. The normalized spacial score (nSPS) is 20.9. The van der Waals surface area contributed by atoms with Crippen LogP contribution < -0.4 is 4.87 Å². The topological polar surface area (TPSA) is 104 Å². The van der Waals surface area contributed by atoms with Crippen molar-refractivity contribution in [3.05, 3.63) is 15.4 Å². The Bertz CT molecular complexity index is 698. The summed E-state index contributed by atoms with van der Waals surface area (Å²) in [5.74, 6) is -0.352. The minimum Gasteiger partial charge on any atom is -0.315 e. The van der Waals surface area contributed by atoms with E-state index in [-0.39, 0.29) is 28.8 Å². The largest absolute Gasteiger partial charge is 0.315 e. The lowest BCUT2D eigenvalue weighted by molar-refractivity contribution is 0.431. The molecule has 0 bridgehead atoms. The molecule has 0 spiro atoms. The summed E-state index contributed by atoms with van der Waals surface area (Å²) in [6.45, 7) is 1.39. The summed E-state index contributed by atoms with van der Waals surface area (Å²) in [6, 6.07) is 0. The third kappa shape index (κ3) is 2.51. The second-order valence-electron chi connectivity index (χ2n) is 3.98. The highest BCUT2D eigenvalue weighted by Gasteiger charge is 2.33. The van der Waals surface area contributed by atoms with E-state index in [1.807, 2.05) is 0 Å². The Morgan fingerprint density at radius 1 is 1.28 bits per heavy atom. The fraction of sp³-hybridized carbons (Fsp3) is 0.625. The van der Waals surface area contributed by atoms with Gasteiger partial charge in [-0.05, 0) is 6.92 Å². The molecule has 0 aromatic carbocycles. The van der Waals surface area contributed by atoms with E-state index in [9.17, 15) is 21.6 Å². The Hall–Kier alpha value is -0.710. The summed E-state index contributed by atoms with van der Waals surface area (Å²) in [7, 11) is -6.90. The molecule has 1 aliphatic heterocycles. The van der Waals surface area contributed by atoms with Gasteiger partial charge in [-0.2, -0.15) is 4.31 Å². The van der Waals surface area contributed by atoms with Gasteiger partial charge in [0.2, 0.25) is 0 Å². The maximum Gasteiger partial charge on any atom is 0.305 e. The van der Waals surface area contributed by atoms with Crippen molar-refractivity contribution < 1.29 is 16.8 Å². The number of aryl methyl sites for hydroxylation is 1. The van der Waals surface area contributed by atoms with Crippen LogP contribution in [0.4, 0.5) is 0 Å². The zero-order valence-corrected chi connectivity index (χ0v) is 12.0. The third-order valence-corrected chi connectivity index (χ3v) is 7.75. The van der Waals surface area contributed by atoms with Crippen molar-refractivity contribution in [3.8, 4) is 0 Å². The van der Waals surface area contributed by atoms with Crippen molar-refractivity contribution in [2.24, 2.45) is 0 Å². The molecule has 1 aliphatic rings. The van der Waals surface area contributed by atoms with Crippen LogP contribution in [0, 0.1) is 6.92 Å². The van der Waals surface area contributed by atoms with E-state index < -0.39 is 24.7 Å². The summed E-state index contributed by atoms with van der Waals surface area (Å²) in [5, 5.41) is 0. The second-order valence-corrected chi connectivity index (χ2v) is 9.40. The molecule has 7 nitrogen and oxygen atoms in total. The van der Waals surface area contributed by atoms with E-state index in [4.69, 9.17) is 0 Å². The molecule has 2 rings (SSSR count). The minimum atomic E-state index is -3.77. The molecule has 1 fully saturated rings. The standard InChI is InChI=1S/C8H12N2O5S3/c1-6-7(16-8(11)9-6)18(14,15)10-2-4-17(12,13)5-3-10/h2-5H2,1H3,(H,9,11). The van der Waals surface area contributed by atoms with Crippen LogP contribution in [-0.2, 0) is 19.9 Å². The van der Waals surface area contributed by atoms with Gasteiger partial charge in [0, 0.05) is 18.8 Å². The summed E-state index contributed by atoms with van der Waals surface area (Å²) in [5.41, 5.74) is 0.290. The number of aromatic amines is 1. The van der Waals surface area contributed by atoms with Gasteiger partial charge in [0.1, 0.15) is 0 Å².